The molecule has 0 amide bonds. The zero-order chi connectivity index (χ0) is 13.6. The second-order valence-electron chi connectivity index (χ2n) is 4.04. The SMILES string of the molecule is CC.CCCCCC/C=C/c1ccc(C=O)cc1. The molecule has 1 heteroatoms. The summed E-state index contributed by atoms with van der Waals surface area (Å²) in [6, 6.07) is 7.66. The Hall–Kier alpha value is -1.37. The maximum absolute atomic E-state index is 10.5. The highest BCUT2D eigenvalue weighted by Crippen LogP contribution is 2.07. The van der Waals surface area contributed by atoms with Gasteiger partial charge < -0.3 is 0 Å². The summed E-state index contributed by atoms with van der Waals surface area (Å²) in [5.41, 5.74) is 1.90. The number of unbranched alkanes of at least 4 members (excludes halogenated alkanes) is 4. The van der Waals surface area contributed by atoms with Crippen LogP contribution >= 0.6 is 0 Å². The van der Waals surface area contributed by atoms with E-state index < -0.39 is 0 Å². The van der Waals surface area contributed by atoms with E-state index in [1.165, 1.54) is 31.2 Å². The van der Waals surface area contributed by atoms with E-state index in [2.05, 4.69) is 19.1 Å². The maximum atomic E-state index is 10.5. The number of carbonyl (C=O) groups is 1. The van der Waals surface area contributed by atoms with Gasteiger partial charge in [0.25, 0.3) is 0 Å². The number of aldehydes is 1. The highest BCUT2D eigenvalue weighted by Gasteiger charge is 1.89. The molecule has 0 aliphatic rings. The summed E-state index contributed by atoms with van der Waals surface area (Å²) in [7, 11) is 0. The molecule has 0 unspecified atom stereocenters. The van der Waals surface area contributed by atoms with Gasteiger partial charge in [-0.3, -0.25) is 4.79 Å². The van der Waals surface area contributed by atoms with Gasteiger partial charge in [-0.2, -0.15) is 0 Å². The second-order valence-corrected chi connectivity index (χ2v) is 4.04. The van der Waals surface area contributed by atoms with Crippen molar-refractivity contribution in [1.82, 2.24) is 0 Å². The summed E-state index contributed by atoms with van der Waals surface area (Å²) < 4.78 is 0. The molecule has 0 aliphatic carbocycles. The van der Waals surface area contributed by atoms with E-state index in [4.69, 9.17) is 0 Å². The van der Waals surface area contributed by atoms with Crippen LogP contribution in [0.25, 0.3) is 6.08 Å². The zero-order valence-corrected chi connectivity index (χ0v) is 12.0. The molecule has 0 spiro atoms. The average molecular weight is 246 g/mol. The standard InChI is InChI=1S/C15H20O.C2H6/c1-2-3-4-5-6-7-8-14-9-11-15(13-16)12-10-14;1-2/h7-13H,2-6H2,1H3;1-2H3/b8-7+;. The largest absolute Gasteiger partial charge is 0.298 e. The summed E-state index contributed by atoms with van der Waals surface area (Å²) in [6.07, 6.45) is 11.6. The Morgan fingerprint density at radius 1 is 0.944 bits per heavy atom. The molecule has 0 aliphatic heterocycles. The second kappa shape index (κ2) is 12.1. The topological polar surface area (TPSA) is 17.1 Å². The number of hydrogen-bond acceptors (Lipinski definition) is 1. The molecule has 0 aromatic heterocycles. The molecule has 1 rings (SSSR count). The lowest BCUT2D eigenvalue weighted by Crippen LogP contribution is -1.79. The lowest BCUT2D eigenvalue weighted by atomic mass is 10.1. The van der Waals surface area contributed by atoms with Crippen LogP contribution in [0.4, 0.5) is 0 Å². The molecule has 1 nitrogen and oxygen atoms in total. The van der Waals surface area contributed by atoms with Gasteiger partial charge >= 0.3 is 0 Å². The molecule has 0 N–H and O–H groups in total. The molecule has 1 aromatic carbocycles. The van der Waals surface area contributed by atoms with E-state index in [9.17, 15) is 4.79 Å². The van der Waals surface area contributed by atoms with Crippen LogP contribution in [0.2, 0.25) is 0 Å². The molecular weight excluding hydrogens is 220 g/mol. The summed E-state index contributed by atoms with van der Waals surface area (Å²) in [4.78, 5) is 10.5. The van der Waals surface area contributed by atoms with Gasteiger partial charge in [0.1, 0.15) is 6.29 Å². The molecular formula is C17H26O. The summed E-state index contributed by atoms with van der Waals surface area (Å²) in [6.45, 7) is 6.23. The lowest BCUT2D eigenvalue weighted by molar-refractivity contribution is 0.112. The third-order valence-corrected chi connectivity index (χ3v) is 2.61. The van der Waals surface area contributed by atoms with Crippen molar-refractivity contribution in [1.29, 1.82) is 0 Å². The van der Waals surface area contributed by atoms with E-state index in [1.54, 1.807) is 0 Å². The van der Waals surface area contributed by atoms with Crippen LogP contribution in [-0.2, 0) is 0 Å². The Bertz CT molecular complexity index is 322. The van der Waals surface area contributed by atoms with Gasteiger partial charge in [-0.25, -0.2) is 0 Å². The van der Waals surface area contributed by atoms with Crippen molar-refractivity contribution in [2.45, 2.75) is 52.9 Å². The predicted octanol–water partition coefficient (Wildman–Crippen LogP) is 5.51. The van der Waals surface area contributed by atoms with Crippen molar-refractivity contribution in [3.63, 3.8) is 0 Å². The Balaban J connectivity index is 0.00000137. The molecule has 0 atom stereocenters. The molecule has 0 saturated carbocycles. The van der Waals surface area contributed by atoms with Crippen LogP contribution in [0, 0.1) is 0 Å². The Kier molecular flexibility index (Phi) is 11.2. The van der Waals surface area contributed by atoms with Crippen molar-refractivity contribution < 1.29 is 4.79 Å². The molecule has 18 heavy (non-hydrogen) atoms. The van der Waals surface area contributed by atoms with Crippen LogP contribution in [-0.4, -0.2) is 6.29 Å². The van der Waals surface area contributed by atoms with Crippen molar-refractivity contribution >= 4 is 12.4 Å². The van der Waals surface area contributed by atoms with Gasteiger partial charge in [0.05, 0.1) is 0 Å². The lowest BCUT2D eigenvalue weighted by Gasteiger charge is -1.95. The zero-order valence-electron chi connectivity index (χ0n) is 12.0. The number of benzene rings is 1. The number of hydrogen-bond donors (Lipinski definition) is 0. The van der Waals surface area contributed by atoms with Crippen molar-refractivity contribution in [2.75, 3.05) is 0 Å². The van der Waals surface area contributed by atoms with E-state index in [0.29, 0.717) is 0 Å². The monoisotopic (exact) mass is 246 g/mol. The van der Waals surface area contributed by atoms with Crippen LogP contribution in [0.1, 0.15) is 68.8 Å². The normalized spacial score (nSPS) is 9.94. The van der Waals surface area contributed by atoms with Crippen molar-refractivity contribution in [2.24, 2.45) is 0 Å². The molecule has 100 valence electrons. The summed E-state index contributed by atoms with van der Waals surface area (Å²) in [5, 5.41) is 0. The first-order chi connectivity index (χ1) is 8.86. The Labute approximate surface area is 112 Å². The molecule has 1 aromatic rings. The fourth-order valence-corrected chi connectivity index (χ4v) is 1.59. The number of carbonyl (C=O) groups excluding carboxylic acids is 1. The third kappa shape index (κ3) is 7.83. The van der Waals surface area contributed by atoms with E-state index in [-0.39, 0.29) is 0 Å². The van der Waals surface area contributed by atoms with Crippen LogP contribution in [0.3, 0.4) is 0 Å². The number of allylic oxidation sites excluding steroid dienone is 1. The minimum atomic E-state index is 0.736. The Morgan fingerprint density at radius 3 is 2.11 bits per heavy atom. The summed E-state index contributed by atoms with van der Waals surface area (Å²) >= 11 is 0. The first kappa shape index (κ1) is 16.6. The predicted molar refractivity (Wildman–Crippen MR) is 81.0 cm³/mol. The van der Waals surface area contributed by atoms with E-state index >= 15 is 0 Å². The van der Waals surface area contributed by atoms with Gasteiger partial charge in [0.2, 0.25) is 0 Å². The van der Waals surface area contributed by atoms with Crippen molar-refractivity contribution in [3.8, 4) is 0 Å². The molecule has 0 saturated heterocycles. The smallest absolute Gasteiger partial charge is 0.150 e. The maximum Gasteiger partial charge on any atom is 0.150 e. The van der Waals surface area contributed by atoms with Crippen LogP contribution < -0.4 is 0 Å². The van der Waals surface area contributed by atoms with Gasteiger partial charge in [0.15, 0.2) is 0 Å². The third-order valence-electron chi connectivity index (χ3n) is 2.61. The van der Waals surface area contributed by atoms with E-state index in [0.717, 1.165) is 18.3 Å². The molecule has 0 fully saturated rings. The van der Waals surface area contributed by atoms with E-state index in [1.807, 2.05) is 38.1 Å². The van der Waals surface area contributed by atoms with Crippen LogP contribution in [0.15, 0.2) is 30.3 Å². The van der Waals surface area contributed by atoms with Crippen molar-refractivity contribution in [3.05, 3.63) is 41.5 Å². The molecule has 0 radical (unpaired) electrons. The summed E-state index contributed by atoms with van der Waals surface area (Å²) in [5.74, 6) is 0. The minimum absolute atomic E-state index is 0.736. The van der Waals surface area contributed by atoms with Gasteiger partial charge in [0, 0.05) is 5.56 Å². The minimum Gasteiger partial charge on any atom is -0.298 e. The van der Waals surface area contributed by atoms with Gasteiger partial charge in [-0.1, -0.05) is 76.5 Å². The van der Waals surface area contributed by atoms with Gasteiger partial charge in [-0.15, -0.1) is 0 Å². The molecule has 0 bridgehead atoms. The highest BCUT2D eigenvalue weighted by molar-refractivity contribution is 5.75. The first-order valence-corrected chi connectivity index (χ1v) is 7.08. The highest BCUT2D eigenvalue weighted by atomic mass is 16.1. The van der Waals surface area contributed by atoms with Crippen LogP contribution in [0.5, 0.6) is 0 Å². The fraction of sp³-hybridized carbons (Fsp3) is 0.471. The quantitative estimate of drug-likeness (QED) is 0.458. The fourth-order valence-electron chi connectivity index (χ4n) is 1.59. The average Bonchev–Trinajstić information content (AvgIpc) is 2.45. The van der Waals surface area contributed by atoms with Gasteiger partial charge in [-0.05, 0) is 18.4 Å². The first-order valence-electron chi connectivity index (χ1n) is 7.08. The number of rotatable bonds is 7. The Morgan fingerprint density at radius 2 is 1.56 bits per heavy atom. The molecule has 0 heterocycles.